The molecule has 0 aliphatic heterocycles. The monoisotopic (exact) mass is 248 g/mol. The Morgan fingerprint density at radius 1 is 1.56 bits per heavy atom. The minimum atomic E-state index is -0.134. The van der Waals surface area contributed by atoms with Crippen LogP contribution in [0, 0.1) is 12.8 Å². The average molecular weight is 248 g/mol. The molecule has 4 nitrogen and oxygen atoms in total. The second-order valence-corrected chi connectivity index (χ2v) is 4.59. The molecule has 1 N–H and O–H groups in total. The van der Waals surface area contributed by atoms with Crippen molar-refractivity contribution in [3.8, 4) is 0 Å². The molecule has 0 aliphatic carbocycles. The summed E-state index contributed by atoms with van der Waals surface area (Å²) in [6, 6.07) is 5.68. The van der Waals surface area contributed by atoms with Gasteiger partial charge in [-0.25, -0.2) is 5.48 Å². The molecule has 98 valence electrons. The number of nitrogens with one attached hydrogen (secondary N) is 1. The molecule has 1 rings (SSSR count). The van der Waals surface area contributed by atoms with Gasteiger partial charge < -0.3 is 0 Å². The van der Waals surface area contributed by atoms with E-state index in [4.69, 9.17) is 4.84 Å². The molecule has 0 aliphatic rings. The second kappa shape index (κ2) is 6.91. The van der Waals surface area contributed by atoms with Crippen molar-refractivity contribution < 1.29 is 9.63 Å². The maximum absolute atomic E-state index is 11.6. The van der Waals surface area contributed by atoms with Crippen molar-refractivity contribution in [1.29, 1.82) is 0 Å². The summed E-state index contributed by atoms with van der Waals surface area (Å²) in [5, 5.41) is 0. The number of aromatic nitrogens is 1. The number of hydroxylamine groups is 1. The molecular formula is C14H20N2O2. The number of hydrogen-bond donors (Lipinski definition) is 1. The average Bonchev–Trinajstić information content (AvgIpc) is 2.28. The van der Waals surface area contributed by atoms with Crippen molar-refractivity contribution in [3.05, 3.63) is 41.7 Å². The van der Waals surface area contributed by atoms with Crippen molar-refractivity contribution in [2.24, 2.45) is 5.92 Å². The third kappa shape index (κ3) is 5.10. The van der Waals surface area contributed by atoms with Crippen molar-refractivity contribution in [1.82, 2.24) is 10.5 Å². The van der Waals surface area contributed by atoms with Crippen LogP contribution in [0.2, 0.25) is 0 Å². The zero-order chi connectivity index (χ0) is 13.5. The SMILES string of the molecule is C=C(C)CC(C)C(=O)NOCc1cccc(C)n1. The quantitative estimate of drug-likeness (QED) is 0.621. The number of aryl methyl sites for hydroxylation is 1. The van der Waals surface area contributed by atoms with Gasteiger partial charge in [-0.2, -0.15) is 0 Å². The summed E-state index contributed by atoms with van der Waals surface area (Å²) in [5.74, 6) is -0.265. The standard InChI is InChI=1S/C14H20N2O2/c1-10(2)8-11(3)14(17)16-18-9-13-7-5-6-12(4)15-13/h5-7,11H,1,8-9H2,2-4H3,(H,16,17). The van der Waals surface area contributed by atoms with Crippen molar-refractivity contribution >= 4 is 5.91 Å². The highest BCUT2D eigenvalue weighted by molar-refractivity contribution is 5.77. The van der Waals surface area contributed by atoms with Gasteiger partial charge in [-0.05, 0) is 32.4 Å². The Morgan fingerprint density at radius 2 is 2.28 bits per heavy atom. The number of carbonyl (C=O) groups excluding carboxylic acids is 1. The lowest BCUT2D eigenvalue weighted by Crippen LogP contribution is -2.29. The number of nitrogens with zero attached hydrogens (tertiary/aromatic N) is 1. The molecule has 0 aromatic carbocycles. The van der Waals surface area contributed by atoms with Crippen LogP contribution in [-0.4, -0.2) is 10.9 Å². The van der Waals surface area contributed by atoms with E-state index in [0.717, 1.165) is 17.0 Å². The minimum absolute atomic E-state index is 0.132. The van der Waals surface area contributed by atoms with Gasteiger partial charge in [0.2, 0.25) is 5.91 Å². The molecule has 0 saturated heterocycles. The Balaban J connectivity index is 2.33. The van der Waals surface area contributed by atoms with E-state index in [-0.39, 0.29) is 18.4 Å². The summed E-state index contributed by atoms with van der Waals surface area (Å²) < 4.78 is 0. The van der Waals surface area contributed by atoms with Gasteiger partial charge in [-0.3, -0.25) is 14.6 Å². The van der Waals surface area contributed by atoms with Gasteiger partial charge in [0.1, 0.15) is 6.61 Å². The van der Waals surface area contributed by atoms with Gasteiger partial charge in [0.15, 0.2) is 0 Å². The lowest BCUT2D eigenvalue weighted by atomic mass is 10.0. The molecular weight excluding hydrogens is 228 g/mol. The second-order valence-electron chi connectivity index (χ2n) is 4.59. The summed E-state index contributed by atoms with van der Waals surface area (Å²) in [6.07, 6.45) is 0.665. The first-order chi connectivity index (χ1) is 8.49. The number of amides is 1. The lowest BCUT2D eigenvalue weighted by molar-refractivity contribution is -0.138. The molecule has 1 aromatic rings. The molecule has 4 heteroatoms. The Hall–Kier alpha value is -1.68. The highest BCUT2D eigenvalue weighted by Gasteiger charge is 2.12. The molecule has 18 heavy (non-hydrogen) atoms. The molecule has 0 spiro atoms. The molecule has 0 bridgehead atoms. The first-order valence-electron chi connectivity index (χ1n) is 5.97. The van der Waals surface area contributed by atoms with Gasteiger partial charge in [0, 0.05) is 11.6 Å². The lowest BCUT2D eigenvalue weighted by Gasteiger charge is -2.11. The van der Waals surface area contributed by atoms with Gasteiger partial charge in [-0.1, -0.05) is 18.6 Å². The van der Waals surface area contributed by atoms with Crippen LogP contribution < -0.4 is 5.48 Å². The van der Waals surface area contributed by atoms with Crippen LogP contribution in [0.3, 0.4) is 0 Å². The molecule has 1 heterocycles. The minimum Gasteiger partial charge on any atom is -0.272 e. The summed E-state index contributed by atoms with van der Waals surface area (Å²) in [4.78, 5) is 21.1. The molecule has 1 unspecified atom stereocenters. The van der Waals surface area contributed by atoms with Crippen LogP contribution in [0.15, 0.2) is 30.4 Å². The van der Waals surface area contributed by atoms with Crippen molar-refractivity contribution in [2.75, 3.05) is 0 Å². The van der Waals surface area contributed by atoms with E-state index < -0.39 is 0 Å². The Kier molecular flexibility index (Phi) is 5.52. The maximum atomic E-state index is 11.6. The van der Waals surface area contributed by atoms with E-state index in [1.165, 1.54) is 0 Å². The Labute approximate surface area is 108 Å². The molecule has 1 amide bonds. The molecule has 1 atom stereocenters. The summed E-state index contributed by atoms with van der Waals surface area (Å²) in [7, 11) is 0. The van der Waals surface area contributed by atoms with Gasteiger partial charge in [0.25, 0.3) is 0 Å². The Morgan fingerprint density at radius 3 is 2.89 bits per heavy atom. The maximum Gasteiger partial charge on any atom is 0.246 e. The van der Waals surface area contributed by atoms with Crippen LogP contribution >= 0.6 is 0 Å². The zero-order valence-electron chi connectivity index (χ0n) is 11.2. The van der Waals surface area contributed by atoms with Gasteiger partial charge in [-0.15, -0.1) is 6.58 Å². The predicted octanol–water partition coefficient (Wildman–Crippen LogP) is 2.54. The van der Waals surface area contributed by atoms with Gasteiger partial charge >= 0.3 is 0 Å². The number of hydrogen-bond acceptors (Lipinski definition) is 3. The third-order valence-electron chi connectivity index (χ3n) is 2.44. The zero-order valence-corrected chi connectivity index (χ0v) is 11.2. The number of pyridine rings is 1. The normalized spacial score (nSPS) is 11.9. The fraction of sp³-hybridized carbons (Fsp3) is 0.429. The van der Waals surface area contributed by atoms with Crippen LogP contribution in [0.5, 0.6) is 0 Å². The molecule has 0 saturated carbocycles. The first kappa shape index (κ1) is 14.4. The topological polar surface area (TPSA) is 51.2 Å². The van der Waals surface area contributed by atoms with E-state index in [1.807, 2.05) is 39.0 Å². The molecule has 1 aromatic heterocycles. The van der Waals surface area contributed by atoms with Crippen LogP contribution in [0.25, 0.3) is 0 Å². The predicted molar refractivity (Wildman–Crippen MR) is 70.5 cm³/mol. The highest BCUT2D eigenvalue weighted by atomic mass is 16.6. The summed E-state index contributed by atoms with van der Waals surface area (Å²) in [6.45, 7) is 9.72. The molecule has 0 radical (unpaired) electrons. The first-order valence-corrected chi connectivity index (χ1v) is 5.97. The number of allylic oxidation sites excluding steroid dienone is 1. The van der Waals surface area contributed by atoms with Crippen LogP contribution in [0.4, 0.5) is 0 Å². The fourth-order valence-electron chi connectivity index (χ4n) is 1.58. The highest BCUT2D eigenvalue weighted by Crippen LogP contribution is 2.08. The summed E-state index contributed by atoms with van der Waals surface area (Å²) >= 11 is 0. The van der Waals surface area contributed by atoms with Crippen molar-refractivity contribution in [3.63, 3.8) is 0 Å². The van der Waals surface area contributed by atoms with Crippen molar-refractivity contribution in [2.45, 2.75) is 33.8 Å². The number of rotatable bonds is 6. The number of carbonyl (C=O) groups is 1. The van der Waals surface area contributed by atoms with E-state index in [2.05, 4.69) is 17.0 Å². The molecule has 0 fully saturated rings. The van der Waals surface area contributed by atoms with E-state index in [1.54, 1.807) is 0 Å². The fourth-order valence-corrected chi connectivity index (χ4v) is 1.58. The smallest absolute Gasteiger partial charge is 0.246 e. The van der Waals surface area contributed by atoms with Crippen LogP contribution in [0.1, 0.15) is 31.7 Å². The van der Waals surface area contributed by atoms with Gasteiger partial charge in [0.05, 0.1) is 5.69 Å². The van der Waals surface area contributed by atoms with Crippen LogP contribution in [-0.2, 0) is 16.2 Å². The van der Waals surface area contributed by atoms with E-state index in [0.29, 0.717) is 6.42 Å². The van der Waals surface area contributed by atoms with E-state index >= 15 is 0 Å². The largest absolute Gasteiger partial charge is 0.272 e. The summed E-state index contributed by atoms with van der Waals surface area (Å²) in [5.41, 5.74) is 5.14. The third-order valence-corrected chi connectivity index (χ3v) is 2.44. The van der Waals surface area contributed by atoms with E-state index in [9.17, 15) is 4.79 Å². The Bertz CT molecular complexity index is 430.